The summed E-state index contributed by atoms with van der Waals surface area (Å²) >= 11 is 2.19. The molecule has 0 fully saturated rings. The van der Waals surface area contributed by atoms with Crippen LogP contribution >= 0.6 is 22.6 Å². The first-order valence-electron chi connectivity index (χ1n) is 7.90. The van der Waals surface area contributed by atoms with Crippen molar-refractivity contribution in [2.75, 3.05) is 12.4 Å². The molecule has 2 amide bonds. The van der Waals surface area contributed by atoms with Crippen molar-refractivity contribution in [3.8, 4) is 0 Å². The number of hydrogen-bond acceptors (Lipinski definition) is 4. The van der Waals surface area contributed by atoms with Crippen LogP contribution in [0, 0.1) is 3.57 Å². The molecule has 2 aromatic rings. The minimum absolute atomic E-state index is 0.277. The van der Waals surface area contributed by atoms with Crippen molar-refractivity contribution in [2.24, 2.45) is 0 Å². The van der Waals surface area contributed by atoms with Gasteiger partial charge in [0.15, 0.2) is 0 Å². The third-order valence-corrected chi connectivity index (χ3v) is 4.27. The third kappa shape index (κ3) is 5.55. The SMILES string of the molecule is COC(=O)[C@@H](Cc1cccc(I)c1)NC(=O)c1ccccc1NC(C)=O. The number of nitrogens with one attached hydrogen (secondary N) is 2. The molecule has 2 N–H and O–H groups in total. The molecule has 7 heteroatoms. The molecule has 0 saturated heterocycles. The van der Waals surface area contributed by atoms with Crippen LogP contribution < -0.4 is 10.6 Å². The van der Waals surface area contributed by atoms with E-state index in [1.165, 1.54) is 14.0 Å². The zero-order chi connectivity index (χ0) is 19.1. The van der Waals surface area contributed by atoms with Crippen molar-refractivity contribution in [2.45, 2.75) is 19.4 Å². The van der Waals surface area contributed by atoms with Gasteiger partial charge in [-0.2, -0.15) is 0 Å². The molecule has 2 aromatic carbocycles. The van der Waals surface area contributed by atoms with E-state index in [1.807, 2.05) is 24.3 Å². The van der Waals surface area contributed by atoms with Gasteiger partial charge in [-0.05, 0) is 52.4 Å². The predicted molar refractivity (Wildman–Crippen MR) is 107 cm³/mol. The summed E-state index contributed by atoms with van der Waals surface area (Å²) in [6, 6.07) is 13.4. The highest BCUT2D eigenvalue weighted by atomic mass is 127. The smallest absolute Gasteiger partial charge is 0.328 e. The average Bonchev–Trinajstić information content (AvgIpc) is 2.60. The van der Waals surface area contributed by atoms with Crippen LogP contribution in [0.3, 0.4) is 0 Å². The molecule has 0 aliphatic rings. The maximum Gasteiger partial charge on any atom is 0.328 e. The minimum Gasteiger partial charge on any atom is -0.467 e. The van der Waals surface area contributed by atoms with Crippen molar-refractivity contribution in [3.63, 3.8) is 0 Å². The van der Waals surface area contributed by atoms with Gasteiger partial charge in [-0.25, -0.2) is 4.79 Å². The van der Waals surface area contributed by atoms with Crippen molar-refractivity contribution in [3.05, 3.63) is 63.2 Å². The molecule has 0 unspecified atom stereocenters. The lowest BCUT2D eigenvalue weighted by molar-refractivity contribution is -0.142. The number of amides is 2. The summed E-state index contributed by atoms with van der Waals surface area (Å²) in [6.07, 6.45) is 0.303. The molecule has 0 saturated carbocycles. The molecule has 0 heterocycles. The lowest BCUT2D eigenvalue weighted by atomic mass is 10.0. The molecule has 6 nitrogen and oxygen atoms in total. The van der Waals surface area contributed by atoms with Gasteiger partial charge in [0.1, 0.15) is 6.04 Å². The van der Waals surface area contributed by atoms with Crippen LogP contribution in [0.25, 0.3) is 0 Å². The minimum atomic E-state index is -0.837. The van der Waals surface area contributed by atoms with Crippen molar-refractivity contribution < 1.29 is 19.1 Å². The normalized spacial score (nSPS) is 11.3. The van der Waals surface area contributed by atoms with E-state index >= 15 is 0 Å². The van der Waals surface area contributed by atoms with Gasteiger partial charge in [0.05, 0.1) is 18.4 Å². The van der Waals surface area contributed by atoms with Crippen LogP contribution in [-0.4, -0.2) is 30.9 Å². The Morgan fingerprint density at radius 1 is 1.12 bits per heavy atom. The number of anilines is 1. The number of methoxy groups -OCH3 is 1. The fraction of sp³-hybridized carbons (Fsp3) is 0.211. The van der Waals surface area contributed by atoms with E-state index in [0.29, 0.717) is 12.1 Å². The lowest BCUT2D eigenvalue weighted by Gasteiger charge is -2.18. The Hall–Kier alpha value is -2.42. The summed E-state index contributed by atoms with van der Waals surface area (Å²) in [5.41, 5.74) is 1.57. The second-order valence-corrected chi connectivity index (χ2v) is 6.86. The number of para-hydroxylation sites is 1. The zero-order valence-corrected chi connectivity index (χ0v) is 16.6. The monoisotopic (exact) mass is 466 g/mol. The lowest BCUT2D eigenvalue weighted by Crippen LogP contribution is -2.43. The number of esters is 1. The van der Waals surface area contributed by atoms with E-state index in [1.54, 1.807) is 24.3 Å². The molecule has 0 bridgehead atoms. The Morgan fingerprint density at radius 2 is 1.85 bits per heavy atom. The number of carbonyl (C=O) groups excluding carboxylic acids is 3. The van der Waals surface area contributed by atoms with Gasteiger partial charge in [0, 0.05) is 16.9 Å². The molecule has 0 aliphatic carbocycles. The fourth-order valence-electron chi connectivity index (χ4n) is 2.45. The Kier molecular flexibility index (Phi) is 7.14. The van der Waals surface area contributed by atoms with E-state index in [2.05, 4.69) is 33.2 Å². The summed E-state index contributed by atoms with van der Waals surface area (Å²) < 4.78 is 5.85. The second-order valence-electron chi connectivity index (χ2n) is 5.61. The number of ether oxygens (including phenoxy) is 1. The first-order valence-corrected chi connectivity index (χ1v) is 8.98. The van der Waals surface area contributed by atoms with Gasteiger partial charge >= 0.3 is 5.97 Å². The van der Waals surface area contributed by atoms with Crippen LogP contribution in [-0.2, 0) is 20.7 Å². The van der Waals surface area contributed by atoms with E-state index in [-0.39, 0.29) is 11.5 Å². The standard InChI is InChI=1S/C19H19IN2O4/c1-12(23)21-16-9-4-3-8-15(16)18(24)22-17(19(25)26-2)11-13-6-5-7-14(20)10-13/h3-10,17H,11H2,1-2H3,(H,21,23)(H,22,24)/t17-/m1/s1. The summed E-state index contributed by atoms with van der Waals surface area (Å²) in [7, 11) is 1.28. The Balaban J connectivity index is 2.22. The molecule has 136 valence electrons. The largest absolute Gasteiger partial charge is 0.467 e. The third-order valence-electron chi connectivity index (χ3n) is 3.60. The van der Waals surface area contributed by atoms with E-state index in [4.69, 9.17) is 4.74 Å². The summed E-state index contributed by atoms with van der Waals surface area (Å²) in [5.74, 6) is -1.28. The van der Waals surface area contributed by atoms with Gasteiger partial charge in [0.2, 0.25) is 5.91 Å². The topological polar surface area (TPSA) is 84.5 Å². The molecule has 0 aromatic heterocycles. The van der Waals surface area contributed by atoms with Gasteiger partial charge in [-0.15, -0.1) is 0 Å². The summed E-state index contributed by atoms with van der Waals surface area (Å²) in [4.78, 5) is 36.1. The van der Waals surface area contributed by atoms with Crippen molar-refractivity contribution in [1.29, 1.82) is 0 Å². The van der Waals surface area contributed by atoms with Gasteiger partial charge < -0.3 is 15.4 Å². The summed E-state index contributed by atoms with van der Waals surface area (Å²) in [6.45, 7) is 1.36. The van der Waals surface area contributed by atoms with Crippen molar-refractivity contribution >= 4 is 46.1 Å². The highest BCUT2D eigenvalue weighted by Gasteiger charge is 2.24. The Bertz CT molecular complexity index is 823. The molecule has 26 heavy (non-hydrogen) atoms. The number of benzene rings is 2. The Labute approximate surface area is 165 Å². The number of carbonyl (C=O) groups is 3. The number of rotatable bonds is 6. The zero-order valence-electron chi connectivity index (χ0n) is 14.4. The maximum absolute atomic E-state index is 12.7. The number of halogens is 1. The van der Waals surface area contributed by atoms with Crippen LogP contribution in [0.1, 0.15) is 22.8 Å². The van der Waals surface area contributed by atoms with Gasteiger partial charge in [-0.3, -0.25) is 9.59 Å². The molecule has 0 radical (unpaired) electrons. The molecule has 0 aliphatic heterocycles. The number of hydrogen-bond donors (Lipinski definition) is 2. The summed E-state index contributed by atoms with van der Waals surface area (Å²) in [5, 5.41) is 5.31. The molecule has 2 rings (SSSR count). The Morgan fingerprint density at radius 3 is 2.50 bits per heavy atom. The molecule has 1 atom stereocenters. The quantitative estimate of drug-likeness (QED) is 0.507. The maximum atomic E-state index is 12.7. The average molecular weight is 466 g/mol. The highest BCUT2D eigenvalue weighted by molar-refractivity contribution is 14.1. The van der Waals surface area contributed by atoms with Crippen LogP contribution in [0.5, 0.6) is 0 Å². The molecule has 0 spiro atoms. The van der Waals surface area contributed by atoms with Crippen LogP contribution in [0.15, 0.2) is 48.5 Å². The van der Waals surface area contributed by atoms with E-state index < -0.39 is 17.9 Å². The first kappa shape index (κ1) is 19.9. The van der Waals surface area contributed by atoms with E-state index in [9.17, 15) is 14.4 Å². The van der Waals surface area contributed by atoms with E-state index in [0.717, 1.165) is 9.13 Å². The fourth-order valence-corrected chi connectivity index (χ4v) is 3.06. The first-order chi connectivity index (χ1) is 12.4. The van der Waals surface area contributed by atoms with Gasteiger partial charge in [-0.1, -0.05) is 24.3 Å². The van der Waals surface area contributed by atoms with Crippen molar-refractivity contribution in [1.82, 2.24) is 5.32 Å². The second kappa shape index (κ2) is 9.33. The van der Waals surface area contributed by atoms with Gasteiger partial charge in [0.25, 0.3) is 5.91 Å². The highest BCUT2D eigenvalue weighted by Crippen LogP contribution is 2.16. The molecular weight excluding hydrogens is 447 g/mol. The molecular formula is C19H19IN2O4. The van der Waals surface area contributed by atoms with Crippen LogP contribution in [0.2, 0.25) is 0 Å². The predicted octanol–water partition coefficient (Wildman–Crippen LogP) is 2.76. The van der Waals surface area contributed by atoms with Crippen LogP contribution in [0.4, 0.5) is 5.69 Å².